The molecule has 2 rings (SSSR count). The van der Waals surface area contributed by atoms with Gasteiger partial charge in [-0.05, 0) is 43.4 Å². The number of rotatable bonds is 4. The van der Waals surface area contributed by atoms with Gasteiger partial charge in [-0.1, -0.05) is 18.2 Å². The van der Waals surface area contributed by atoms with Crippen LogP contribution in [0.15, 0.2) is 18.2 Å². The molecule has 1 aromatic carbocycles. The lowest BCUT2D eigenvalue weighted by Gasteiger charge is -2.35. The van der Waals surface area contributed by atoms with Crippen LogP contribution in [-0.2, 0) is 9.53 Å². The van der Waals surface area contributed by atoms with E-state index in [4.69, 9.17) is 10.5 Å². The van der Waals surface area contributed by atoms with Crippen LogP contribution >= 0.6 is 0 Å². The lowest BCUT2D eigenvalue weighted by molar-refractivity contribution is -0.134. The molecule has 0 radical (unpaired) electrons. The number of aryl methyl sites for hydroxylation is 2. The molecule has 2 unspecified atom stereocenters. The van der Waals surface area contributed by atoms with Crippen molar-refractivity contribution in [2.75, 3.05) is 20.3 Å². The van der Waals surface area contributed by atoms with E-state index in [9.17, 15) is 4.79 Å². The largest absolute Gasteiger partial charge is 0.383 e. The predicted molar refractivity (Wildman–Crippen MR) is 84.1 cm³/mol. The van der Waals surface area contributed by atoms with Crippen molar-refractivity contribution in [3.8, 4) is 0 Å². The summed E-state index contributed by atoms with van der Waals surface area (Å²) in [5.74, 6) is 0.188. The molecule has 1 heterocycles. The van der Waals surface area contributed by atoms with E-state index in [1.165, 1.54) is 16.7 Å². The van der Waals surface area contributed by atoms with E-state index < -0.39 is 0 Å². The van der Waals surface area contributed by atoms with Crippen LogP contribution in [0.1, 0.15) is 42.0 Å². The van der Waals surface area contributed by atoms with Crippen molar-refractivity contribution in [3.63, 3.8) is 0 Å². The first-order valence-electron chi connectivity index (χ1n) is 7.66. The number of carbonyl (C=O) groups excluding carboxylic acids is 1. The van der Waals surface area contributed by atoms with Gasteiger partial charge in [0.05, 0.1) is 12.6 Å². The molecular formula is C17H26N2O2. The third-order valence-electron chi connectivity index (χ3n) is 4.36. The Bertz CT molecular complexity index is 481. The molecule has 1 aromatic rings. The number of hydrogen-bond donors (Lipinski definition) is 1. The number of nitrogens with zero attached hydrogens (tertiary/aromatic N) is 1. The number of carbonyl (C=O) groups is 1. The number of methoxy groups -OCH3 is 1. The Hall–Kier alpha value is -1.39. The Kier molecular flexibility index (Phi) is 5.37. The first kappa shape index (κ1) is 16.0. The smallest absolute Gasteiger partial charge is 0.223 e. The van der Waals surface area contributed by atoms with Gasteiger partial charge in [0.1, 0.15) is 0 Å². The van der Waals surface area contributed by atoms with E-state index in [1.54, 1.807) is 7.11 Å². The Labute approximate surface area is 127 Å². The van der Waals surface area contributed by atoms with Gasteiger partial charge in [-0.15, -0.1) is 0 Å². The summed E-state index contributed by atoms with van der Waals surface area (Å²) in [5, 5.41) is 0. The summed E-state index contributed by atoms with van der Waals surface area (Å²) in [6.45, 7) is 5.33. The standard InChI is InChI=1S/C17H26N2O2/c1-12-6-4-7-13(2)16(12)17-14(18)8-5-9-15(20)19(17)10-11-21-3/h4,6-7,14,17H,5,8-11,18H2,1-3H3. The van der Waals surface area contributed by atoms with Gasteiger partial charge >= 0.3 is 0 Å². The number of amides is 1. The van der Waals surface area contributed by atoms with Gasteiger partial charge in [-0.25, -0.2) is 0 Å². The summed E-state index contributed by atoms with van der Waals surface area (Å²) in [6, 6.07) is 6.18. The first-order valence-corrected chi connectivity index (χ1v) is 7.66. The number of likely N-dealkylation sites (tertiary alicyclic amines) is 1. The fourth-order valence-corrected chi connectivity index (χ4v) is 3.29. The Balaban J connectivity index is 2.44. The van der Waals surface area contributed by atoms with Gasteiger partial charge < -0.3 is 15.4 Å². The van der Waals surface area contributed by atoms with Gasteiger partial charge in [0, 0.05) is 26.1 Å². The van der Waals surface area contributed by atoms with Crippen LogP contribution in [0.4, 0.5) is 0 Å². The Morgan fingerprint density at radius 1 is 1.33 bits per heavy atom. The minimum atomic E-state index is -0.0450. The minimum absolute atomic E-state index is 0.0203. The molecule has 116 valence electrons. The van der Waals surface area contributed by atoms with Crippen LogP contribution in [-0.4, -0.2) is 37.1 Å². The maximum absolute atomic E-state index is 12.5. The van der Waals surface area contributed by atoms with Crippen LogP contribution in [0.3, 0.4) is 0 Å². The quantitative estimate of drug-likeness (QED) is 0.926. The highest BCUT2D eigenvalue weighted by Gasteiger charge is 2.34. The van der Waals surface area contributed by atoms with E-state index in [0.717, 1.165) is 12.8 Å². The van der Waals surface area contributed by atoms with Crippen molar-refractivity contribution in [2.45, 2.75) is 45.2 Å². The molecule has 2 atom stereocenters. The highest BCUT2D eigenvalue weighted by Crippen LogP contribution is 2.33. The summed E-state index contributed by atoms with van der Waals surface area (Å²) in [4.78, 5) is 14.4. The van der Waals surface area contributed by atoms with Crippen LogP contribution in [0, 0.1) is 13.8 Å². The second-order valence-electron chi connectivity index (χ2n) is 5.89. The van der Waals surface area contributed by atoms with Crippen molar-refractivity contribution in [1.82, 2.24) is 4.90 Å². The van der Waals surface area contributed by atoms with Crippen molar-refractivity contribution in [1.29, 1.82) is 0 Å². The molecule has 1 amide bonds. The third kappa shape index (κ3) is 3.44. The van der Waals surface area contributed by atoms with Crippen LogP contribution in [0.25, 0.3) is 0 Å². The van der Waals surface area contributed by atoms with Gasteiger partial charge in [0.2, 0.25) is 5.91 Å². The maximum atomic E-state index is 12.5. The summed E-state index contributed by atoms with van der Waals surface area (Å²) in [7, 11) is 1.66. The van der Waals surface area contributed by atoms with Gasteiger partial charge in [0.25, 0.3) is 0 Å². The number of benzene rings is 1. The van der Waals surface area contributed by atoms with E-state index in [0.29, 0.717) is 19.6 Å². The molecule has 4 heteroatoms. The molecule has 1 fully saturated rings. The zero-order valence-corrected chi connectivity index (χ0v) is 13.3. The monoisotopic (exact) mass is 290 g/mol. The molecule has 2 N–H and O–H groups in total. The van der Waals surface area contributed by atoms with Crippen molar-refractivity contribution < 1.29 is 9.53 Å². The van der Waals surface area contributed by atoms with Crippen molar-refractivity contribution in [3.05, 3.63) is 34.9 Å². The lowest BCUT2D eigenvalue weighted by atomic mass is 9.89. The topological polar surface area (TPSA) is 55.6 Å². The molecule has 0 aromatic heterocycles. The highest BCUT2D eigenvalue weighted by atomic mass is 16.5. The molecule has 1 aliphatic rings. The summed E-state index contributed by atoms with van der Waals surface area (Å²) in [5.41, 5.74) is 10.0. The summed E-state index contributed by atoms with van der Waals surface area (Å²) < 4.78 is 5.18. The molecule has 0 aliphatic carbocycles. The second kappa shape index (κ2) is 7.05. The first-order chi connectivity index (χ1) is 10.1. The summed E-state index contributed by atoms with van der Waals surface area (Å²) >= 11 is 0. The fraction of sp³-hybridized carbons (Fsp3) is 0.588. The van der Waals surface area contributed by atoms with Crippen molar-refractivity contribution >= 4 is 5.91 Å². The average Bonchev–Trinajstić information content (AvgIpc) is 2.57. The van der Waals surface area contributed by atoms with Crippen molar-refractivity contribution in [2.24, 2.45) is 5.73 Å². The fourth-order valence-electron chi connectivity index (χ4n) is 3.29. The van der Waals surface area contributed by atoms with E-state index in [1.807, 2.05) is 4.90 Å². The zero-order valence-electron chi connectivity index (χ0n) is 13.3. The van der Waals surface area contributed by atoms with Gasteiger partial charge in [-0.2, -0.15) is 0 Å². The predicted octanol–water partition coefficient (Wildman–Crippen LogP) is 2.33. The number of ether oxygens (including phenoxy) is 1. The zero-order chi connectivity index (χ0) is 15.4. The van der Waals surface area contributed by atoms with E-state index in [2.05, 4.69) is 32.0 Å². The maximum Gasteiger partial charge on any atom is 0.223 e. The molecule has 1 aliphatic heterocycles. The SMILES string of the molecule is COCCN1C(=O)CCCC(N)C1c1c(C)cccc1C. The summed E-state index contributed by atoms with van der Waals surface area (Å²) in [6.07, 6.45) is 2.33. The lowest BCUT2D eigenvalue weighted by Crippen LogP contribution is -2.44. The number of nitrogens with two attached hydrogens (primary N) is 1. The second-order valence-corrected chi connectivity index (χ2v) is 5.89. The van der Waals surface area contributed by atoms with Crippen LogP contribution in [0.5, 0.6) is 0 Å². The number of hydrogen-bond acceptors (Lipinski definition) is 3. The van der Waals surface area contributed by atoms with Crippen LogP contribution in [0.2, 0.25) is 0 Å². The molecule has 21 heavy (non-hydrogen) atoms. The van der Waals surface area contributed by atoms with Gasteiger partial charge in [-0.3, -0.25) is 4.79 Å². The third-order valence-corrected chi connectivity index (χ3v) is 4.36. The minimum Gasteiger partial charge on any atom is -0.383 e. The molecule has 0 saturated carbocycles. The molecule has 4 nitrogen and oxygen atoms in total. The van der Waals surface area contributed by atoms with Gasteiger partial charge in [0.15, 0.2) is 0 Å². The average molecular weight is 290 g/mol. The van der Waals surface area contributed by atoms with Crippen LogP contribution < -0.4 is 5.73 Å². The van der Waals surface area contributed by atoms with E-state index in [-0.39, 0.29) is 18.0 Å². The molecule has 1 saturated heterocycles. The Morgan fingerprint density at radius 3 is 2.62 bits per heavy atom. The highest BCUT2D eigenvalue weighted by molar-refractivity contribution is 5.77. The van der Waals surface area contributed by atoms with E-state index >= 15 is 0 Å². The normalized spacial score (nSPS) is 23.2. The molecule has 0 spiro atoms. The molecule has 0 bridgehead atoms. The molecular weight excluding hydrogens is 264 g/mol. The Morgan fingerprint density at radius 2 is 2.00 bits per heavy atom.